The number of benzene rings is 2. The molecule has 0 unspecified atom stereocenters. The Morgan fingerprint density at radius 3 is 2.43 bits per heavy atom. The molecule has 2 aromatic carbocycles. The van der Waals surface area contributed by atoms with Gasteiger partial charge in [0.2, 0.25) is 5.01 Å². The topological polar surface area (TPSA) is 102 Å². The summed E-state index contributed by atoms with van der Waals surface area (Å²) in [5.41, 5.74) is 0.674. The molecule has 0 bridgehead atoms. The maximum Gasteiger partial charge on any atom is 0.286 e. The molecule has 9 heteroatoms. The van der Waals surface area contributed by atoms with Crippen molar-refractivity contribution in [1.29, 1.82) is 0 Å². The summed E-state index contributed by atoms with van der Waals surface area (Å²) in [6.07, 6.45) is 0. The average Bonchev–Trinajstić information content (AvgIpc) is 3.21. The first kappa shape index (κ1) is 19.3. The van der Waals surface area contributed by atoms with E-state index in [2.05, 4.69) is 20.8 Å². The molecule has 1 aromatic heterocycles. The Labute approximate surface area is 165 Å². The zero-order valence-corrected chi connectivity index (χ0v) is 15.9. The maximum absolute atomic E-state index is 12.2. The van der Waals surface area contributed by atoms with Crippen molar-refractivity contribution in [3.63, 3.8) is 0 Å². The highest BCUT2D eigenvalue weighted by Crippen LogP contribution is 2.17. The highest BCUT2D eigenvalue weighted by Gasteiger charge is 2.13. The highest BCUT2D eigenvalue weighted by molar-refractivity contribution is 7.13. The smallest absolute Gasteiger partial charge is 0.286 e. The van der Waals surface area contributed by atoms with Gasteiger partial charge in [0.25, 0.3) is 11.8 Å². The van der Waals surface area contributed by atoms with Crippen LogP contribution in [0.1, 0.15) is 14.8 Å². The minimum absolute atomic E-state index is 0.132. The summed E-state index contributed by atoms with van der Waals surface area (Å²) >= 11 is 1.12. The lowest BCUT2D eigenvalue weighted by molar-refractivity contribution is -0.123. The number of rotatable bonds is 8. The van der Waals surface area contributed by atoms with Crippen molar-refractivity contribution in [2.45, 2.75) is 6.54 Å². The lowest BCUT2D eigenvalue weighted by Gasteiger charge is -2.07. The van der Waals surface area contributed by atoms with E-state index in [9.17, 15) is 9.59 Å². The van der Waals surface area contributed by atoms with Crippen LogP contribution in [-0.4, -0.2) is 35.7 Å². The largest absolute Gasteiger partial charge is 0.497 e. The molecule has 0 aliphatic rings. The SMILES string of the molecule is COc1ccc(OCC(=O)NCc2nnc(C(=O)Nc3ccccc3)s2)cc1. The highest BCUT2D eigenvalue weighted by atomic mass is 32.1. The van der Waals surface area contributed by atoms with Gasteiger partial charge in [0, 0.05) is 5.69 Å². The van der Waals surface area contributed by atoms with Crippen LogP contribution in [0.25, 0.3) is 0 Å². The lowest BCUT2D eigenvalue weighted by Crippen LogP contribution is -2.28. The first-order valence-corrected chi connectivity index (χ1v) is 9.18. The van der Waals surface area contributed by atoms with Crippen LogP contribution >= 0.6 is 11.3 Å². The molecule has 28 heavy (non-hydrogen) atoms. The molecule has 0 aliphatic heterocycles. The lowest BCUT2D eigenvalue weighted by atomic mass is 10.3. The molecule has 0 radical (unpaired) electrons. The van der Waals surface area contributed by atoms with E-state index in [0.717, 1.165) is 11.3 Å². The molecule has 0 saturated heterocycles. The van der Waals surface area contributed by atoms with Gasteiger partial charge in [0.15, 0.2) is 6.61 Å². The minimum atomic E-state index is -0.343. The van der Waals surface area contributed by atoms with Gasteiger partial charge in [-0.2, -0.15) is 0 Å². The van der Waals surface area contributed by atoms with Crippen LogP contribution < -0.4 is 20.1 Å². The van der Waals surface area contributed by atoms with E-state index < -0.39 is 0 Å². The first-order chi connectivity index (χ1) is 13.6. The average molecular weight is 398 g/mol. The van der Waals surface area contributed by atoms with Gasteiger partial charge in [-0.1, -0.05) is 29.5 Å². The summed E-state index contributed by atoms with van der Waals surface area (Å²) in [6.45, 7) is 0.0353. The van der Waals surface area contributed by atoms with Crippen molar-refractivity contribution in [1.82, 2.24) is 15.5 Å². The fourth-order valence-electron chi connectivity index (χ4n) is 2.17. The summed E-state index contributed by atoms with van der Waals surface area (Å²) in [7, 11) is 1.58. The quantitative estimate of drug-likeness (QED) is 0.604. The maximum atomic E-state index is 12.2. The van der Waals surface area contributed by atoms with E-state index in [1.54, 1.807) is 43.5 Å². The Hall–Kier alpha value is -3.46. The second kappa shape index (κ2) is 9.47. The Morgan fingerprint density at radius 2 is 1.71 bits per heavy atom. The fourth-order valence-corrected chi connectivity index (χ4v) is 2.84. The third-order valence-electron chi connectivity index (χ3n) is 3.56. The van der Waals surface area contributed by atoms with E-state index in [1.807, 2.05) is 18.2 Å². The minimum Gasteiger partial charge on any atom is -0.497 e. The predicted molar refractivity (Wildman–Crippen MR) is 105 cm³/mol. The summed E-state index contributed by atoms with van der Waals surface area (Å²) in [5.74, 6) is 0.623. The van der Waals surface area contributed by atoms with E-state index in [4.69, 9.17) is 9.47 Å². The Morgan fingerprint density at radius 1 is 1.00 bits per heavy atom. The van der Waals surface area contributed by atoms with Gasteiger partial charge in [-0.05, 0) is 36.4 Å². The van der Waals surface area contributed by atoms with Gasteiger partial charge >= 0.3 is 0 Å². The number of carbonyl (C=O) groups is 2. The van der Waals surface area contributed by atoms with Crippen LogP contribution in [0, 0.1) is 0 Å². The van der Waals surface area contributed by atoms with Crippen molar-refractivity contribution in [2.75, 3.05) is 19.0 Å². The van der Waals surface area contributed by atoms with E-state index >= 15 is 0 Å². The zero-order valence-electron chi connectivity index (χ0n) is 15.0. The first-order valence-electron chi connectivity index (χ1n) is 8.36. The monoisotopic (exact) mass is 398 g/mol. The summed E-state index contributed by atoms with van der Waals surface area (Å²) in [6, 6.07) is 16.0. The van der Waals surface area contributed by atoms with Crippen molar-refractivity contribution in [2.24, 2.45) is 0 Å². The summed E-state index contributed by atoms with van der Waals surface area (Å²) < 4.78 is 10.5. The molecule has 0 atom stereocenters. The number of nitrogens with zero attached hydrogens (tertiary/aromatic N) is 2. The normalized spacial score (nSPS) is 10.2. The van der Waals surface area contributed by atoms with Gasteiger partial charge in [0.05, 0.1) is 13.7 Å². The number of hydrogen-bond donors (Lipinski definition) is 2. The molecule has 3 rings (SSSR count). The third kappa shape index (κ3) is 5.52. The van der Waals surface area contributed by atoms with Gasteiger partial charge in [-0.3, -0.25) is 9.59 Å². The molecule has 8 nitrogen and oxygen atoms in total. The standard InChI is InChI=1S/C19H18N4O4S/c1-26-14-7-9-15(10-8-14)27-12-16(24)20-11-17-22-23-19(28-17)18(25)21-13-5-3-2-4-6-13/h2-10H,11-12H2,1H3,(H,20,24)(H,21,25). The van der Waals surface area contributed by atoms with Crippen LogP contribution in [0.4, 0.5) is 5.69 Å². The van der Waals surface area contributed by atoms with Crippen LogP contribution in [-0.2, 0) is 11.3 Å². The van der Waals surface area contributed by atoms with Crippen LogP contribution in [0.3, 0.4) is 0 Å². The number of nitrogens with one attached hydrogen (secondary N) is 2. The molecule has 2 amide bonds. The van der Waals surface area contributed by atoms with E-state index in [0.29, 0.717) is 22.2 Å². The molecule has 0 saturated carbocycles. The molecule has 1 heterocycles. The number of anilines is 1. The molecular weight excluding hydrogens is 380 g/mol. The van der Waals surface area contributed by atoms with Gasteiger partial charge in [-0.25, -0.2) is 0 Å². The molecule has 144 valence electrons. The van der Waals surface area contributed by atoms with Crippen LogP contribution in [0.2, 0.25) is 0 Å². The van der Waals surface area contributed by atoms with Crippen LogP contribution in [0.5, 0.6) is 11.5 Å². The molecule has 0 spiro atoms. The molecule has 0 fully saturated rings. The Kier molecular flexibility index (Phi) is 6.53. The zero-order chi connectivity index (χ0) is 19.8. The molecule has 2 N–H and O–H groups in total. The van der Waals surface area contributed by atoms with E-state index in [-0.39, 0.29) is 30.0 Å². The van der Waals surface area contributed by atoms with Crippen molar-refractivity contribution in [3.8, 4) is 11.5 Å². The number of hydrogen-bond acceptors (Lipinski definition) is 7. The summed E-state index contributed by atoms with van der Waals surface area (Å²) in [4.78, 5) is 24.1. The van der Waals surface area contributed by atoms with Crippen molar-refractivity contribution in [3.05, 3.63) is 64.6 Å². The van der Waals surface area contributed by atoms with Gasteiger partial charge in [-0.15, -0.1) is 10.2 Å². The second-order valence-corrected chi connectivity index (χ2v) is 6.62. The van der Waals surface area contributed by atoms with Crippen molar-refractivity contribution < 1.29 is 19.1 Å². The molecule has 3 aromatic rings. The fraction of sp³-hybridized carbons (Fsp3) is 0.158. The number of para-hydroxylation sites is 1. The molecule has 0 aliphatic carbocycles. The van der Waals surface area contributed by atoms with Gasteiger partial charge in [0.1, 0.15) is 16.5 Å². The third-order valence-corrected chi connectivity index (χ3v) is 4.48. The van der Waals surface area contributed by atoms with Crippen LogP contribution in [0.15, 0.2) is 54.6 Å². The number of amides is 2. The number of aromatic nitrogens is 2. The number of ether oxygens (including phenoxy) is 2. The van der Waals surface area contributed by atoms with Gasteiger partial charge < -0.3 is 20.1 Å². The predicted octanol–water partition coefficient (Wildman–Crippen LogP) is 2.49. The van der Waals surface area contributed by atoms with E-state index in [1.165, 1.54) is 0 Å². The number of carbonyl (C=O) groups excluding carboxylic acids is 2. The number of methoxy groups -OCH3 is 1. The molecular formula is C19H18N4O4S. The second-order valence-electron chi connectivity index (χ2n) is 5.56. The Bertz CT molecular complexity index is 929. The Balaban J connectivity index is 1.44. The van der Waals surface area contributed by atoms with Crippen molar-refractivity contribution >= 4 is 28.8 Å². The summed E-state index contributed by atoms with van der Waals surface area (Å²) in [5, 5.41) is 14.0.